The van der Waals surface area contributed by atoms with Crippen LogP contribution >= 0.6 is 11.3 Å². The number of aryl methyl sites for hydroxylation is 1. The molecule has 0 atom stereocenters. The first-order valence-electron chi connectivity index (χ1n) is 10.3. The van der Waals surface area contributed by atoms with Crippen molar-refractivity contribution in [2.75, 3.05) is 36.4 Å². The van der Waals surface area contributed by atoms with Crippen molar-refractivity contribution in [2.45, 2.75) is 13.5 Å². The molecule has 1 aliphatic rings. The molecular weight excluding hydrogens is 408 g/mol. The molecule has 4 aromatic heterocycles. The summed E-state index contributed by atoms with van der Waals surface area (Å²) in [4.78, 5) is 25.7. The summed E-state index contributed by atoms with van der Waals surface area (Å²) in [6, 6.07) is 8.40. The minimum Gasteiger partial charge on any atom is -0.368 e. The number of aromatic amines is 1. The summed E-state index contributed by atoms with van der Waals surface area (Å²) in [5.74, 6) is 1.64. The van der Waals surface area contributed by atoms with Crippen molar-refractivity contribution in [1.82, 2.24) is 29.8 Å². The number of anilines is 3. The lowest BCUT2D eigenvalue weighted by Crippen LogP contribution is -2.46. The van der Waals surface area contributed by atoms with Gasteiger partial charge in [-0.1, -0.05) is 0 Å². The minimum absolute atomic E-state index is 0.806. The van der Waals surface area contributed by atoms with Crippen molar-refractivity contribution >= 4 is 28.0 Å². The van der Waals surface area contributed by atoms with Crippen LogP contribution in [0.5, 0.6) is 0 Å². The van der Waals surface area contributed by atoms with Crippen LogP contribution in [0.15, 0.2) is 54.4 Å². The molecule has 4 aromatic rings. The van der Waals surface area contributed by atoms with Crippen LogP contribution in [0.4, 0.5) is 16.6 Å². The number of pyridine rings is 2. The second kappa shape index (κ2) is 8.83. The van der Waals surface area contributed by atoms with E-state index < -0.39 is 0 Å². The maximum absolute atomic E-state index is 4.75. The summed E-state index contributed by atoms with van der Waals surface area (Å²) in [6.45, 7) is 6.98. The van der Waals surface area contributed by atoms with E-state index in [1.165, 1.54) is 11.3 Å². The molecule has 31 heavy (non-hydrogen) atoms. The second-order valence-corrected chi connectivity index (χ2v) is 8.41. The molecule has 0 radical (unpaired) electrons. The standard InChI is InChI=1S/C22H24N8S/c1-16-19(3-2-18(27-16)21-24-6-7-25-21)30-11-9-29(10-12-30)15-17-4-5-23-20(14-17)28-22-26-8-13-31-22/h2-8,13-14H,9-12,15H2,1H3,(H,24,25)(H,23,26,28). The molecule has 8 nitrogen and oxygen atoms in total. The Bertz CT molecular complexity index is 1120. The fraction of sp³-hybridized carbons (Fsp3) is 0.273. The lowest BCUT2D eigenvalue weighted by Gasteiger charge is -2.36. The number of rotatable bonds is 6. The normalized spacial score (nSPS) is 14.7. The van der Waals surface area contributed by atoms with Crippen molar-refractivity contribution in [3.05, 3.63) is 65.7 Å². The zero-order chi connectivity index (χ0) is 21.0. The van der Waals surface area contributed by atoms with E-state index >= 15 is 0 Å². The van der Waals surface area contributed by atoms with Gasteiger partial charge in [0.15, 0.2) is 11.0 Å². The Kier molecular flexibility index (Phi) is 5.59. The molecule has 1 fully saturated rings. The second-order valence-electron chi connectivity index (χ2n) is 7.51. The Morgan fingerprint density at radius 3 is 2.68 bits per heavy atom. The first-order chi connectivity index (χ1) is 15.2. The van der Waals surface area contributed by atoms with Gasteiger partial charge in [0.2, 0.25) is 0 Å². The number of piperazine rings is 1. The van der Waals surface area contributed by atoms with E-state index in [9.17, 15) is 0 Å². The van der Waals surface area contributed by atoms with Gasteiger partial charge < -0.3 is 15.2 Å². The van der Waals surface area contributed by atoms with E-state index in [2.05, 4.69) is 60.2 Å². The number of hydrogen-bond donors (Lipinski definition) is 2. The molecule has 1 aliphatic heterocycles. The molecule has 2 N–H and O–H groups in total. The molecule has 0 spiro atoms. The number of nitrogens with one attached hydrogen (secondary N) is 2. The number of imidazole rings is 1. The van der Waals surface area contributed by atoms with Crippen LogP contribution in [-0.2, 0) is 6.54 Å². The maximum Gasteiger partial charge on any atom is 0.188 e. The van der Waals surface area contributed by atoms with Gasteiger partial charge in [-0.2, -0.15) is 0 Å². The predicted molar refractivity (Wildman–Crippen MR) is 124 cm³/mol. The summed E-state index contributed by atoms with van der Waals surface area (Å²) >= 11 is 1.57. The number of aromatic nitrogens is 5. The molecule has 0 bridgehead atoms. The fourth-order valence-electron chi connectivity index (χ4n) is 3.87. The molecule has 5 heterocycles. The predicted octanol–water partition coefficient (Wildman–Crippen LogP) is 3.70. The molecule has 0 aliphatic carbocycles. The van der Waals surface area contributed by atoms with Gasteiger partial charge in [0.25, 0.3) is 0 Å². The summed E-state index contributed by atoms with van der Waals surface area (Å²) in [6.07, 6.45) is 7.22. The Morgan fingerprint density at radius 2 is 1.94 bits per heavy atom. The average molecular weight is 433 g/mol. The van der Waals surface area contributed by atoms with Crippen molar-refractivity contribution in [2.24, 2.45) is 0 Å². The van der Waals surface area contributed by atoms with Crippen LogP contribution in [0.2, 0.25) is 0 Å². The topological polar surface area (TPSA) is 85.9 Å². The summed E-state index contributed by atoms with van der Waals surface area (Å²) in [5, 5.41) is 6.08. The summed E-state index contributed by atoms with van der Waals surface area (Å²) < 4.78 is 0. The third-order valence-electron chi connectivity index (χ3n) is 5.41. The monoisotopic (exact) mass is 432 g/mol. The first kappa shape index (κ1) is 19.7. The van der Waals surface area contributed by atoms with E-state index in [1.54, 1.807) is 23.7 Å². The van der Waals surface area contributed by atoms with E-state index in [0.29, 0.717) is 0 Å². The Balaban J connectivity index is 1.19. The molecule has 0 saturated carbocycles. The number of thiazole rings is 1. The number of nitrogens with zero attached hydrogens (tertiary/aromatic N) is 6. The van der Waals surface area contributed by atoms with Gasteiger partial charge in [-0.05, 0) is 36.8 Å². The van der Waals surface area contributed by atoms with E-state index in [-0.39, 0.29) is 0 Å². The van der Waals surface area contributed by atoms with Gasteiger partial charge in [-0.3, -0.25) is 4.90 Å². The smallest absolute Gasteiger partial charge is 0.188 e. The van der Waals surface area contributed by atoms with Crippen LogP contribution in [0.25, 0.3) is 11.5 Å². The highest BCUT2D eigenvalue weighted by atomic mass is 32.1. The highest BCUT2D eigenvalue weighted by molar-refractivity contribution is 7.13. The zero-order valence-corrected chi connectivity index (χ0v) is 18.1. The van der Waals surface area contributed by atoms with E-state index in [1.807, 2.05) is 23.8 Å². The summed E-state index contributed by atoms with van der Waals surface area (Å²) in [7, 11) is 0. The van der Waals surface area contributed by atoms with Gasteiger partial charge in [0, 0.05) is 62.9 Å². The Morgan fingerprint density at radius 1 is 1.03 bits per heavy atom. The van der Waals surface area contributed by atoms with Crippen LogP contribution in [0.3, 0.4) is 0 Å². The van der Waals surface area contributed by atoms with E-state index in [4.69, 9.17) is 4.98 Å². The first-order valence-corrected chi connectivity index (χ1v) is 11.2. The molecule has 5 rings (SSSR count). The van der Waals surface area contributed by atoms with Gasteiger partial charge >= 0.3 is 0 Å². The number of hydrogen-bond acceptors (Lipinski definition) is 8. The van der Waals surface area contributed by atoms with Gasteiger partial charge in [-0.25, -0.2) is 19.9 Å². The molecule has 0 unspecified atom stereocenters. The lowest BCUT2D eigenvalue weighted by molar-refractivity contribution is 0.249. The van der Waals surface area contributed by atoms with Crippen LogP contribution < -0.4 is 10.2 Å². The van der Waals surface area contributed by atoms with Crippen molar-refractivity contribution < 1.29 is 0 Å². The number of H-pyrrole nitrogens is 1. The average Bonchev–Trinajstić information content (AvgIpc) is 3.49. The molecule has 0 amide bonds. The van der Waals surface area contributed by atoms with Crippen molar-refractivity contribution in [1.29, 1.82) is 0 Å². The molecule has 1 saturated heterocycles. The SMILES string of the molecule is Cc1nc(-c2ncc[nH]2)ccc1N1CCN(Cc2ccnc(Nc3nccs3)c2)CC1. The largest absolute Gasteiger partial charge is 0.368 e. The molecule has 158 valence electrons. The lowest BCUT2D eigenvalue weighted by atomic mass is 10.2. The third kappa shape index (κ3) is 4.57. The van der Waals surface area contributed by atoms with Crippen molar-refractivity contribution in [3.8, 4) is 11.5 Å². The Labute approximate surface area is 185 Å². The van der Waals surface area contributed by atoms with Gasteiger partial charge in [0.1, 0.15) is 11.5 Å². The molecular formula is C22H24N8S. The quantitative estimate of drug-likeness (QED) is 0.480. The van der Waals surface area contributed by atoms with Gasteiger partial charge in [-0.15, -0.1) is 11.3 Å². The van der Waals surface area contributed by atoms with Crippen LogP contribution in [-0.4, -0.2) is 56.0 Å². The highest BCUT2D eigenvalue weighted by Gasteiger charge is 2.19. The van der Waals surface area contributed by atoms with Crippen molar-refractivity contribution in [3.63, 3.8) is 0 Å². The zero-order valence-electron chi connectivity index (χ0n) is 17.3. The van der Waals surface area contributed by atoms with Crippen LogP contribution in [0, 0.1) is 6.92 Å². The molecule has 0 aromatic carbocycles. The third-order valence-corrected chi connectivity index (χ3v) is 6.10. The Hall–Kier alpha value is -3.30. The fourth-order valence-corrected chi connectivity index (χ4v) is 4.40. The van der Waals surface area contributed by atoms with Crippen LogP contribution in [0.1, 0.15) is 11.3 Å². The molecule has 9 heteroatoms. The highest BCUT2D eigenvalue weighted by Crippen LogP contribution is 2.24. The van der Waals surface area contributed by atoms with Gasteiger partial charge in [0.05, 0.1) is 11.4 Å². The summed E-state index contributed by atoms with van der Waals surface area (Å²) in [5.41, 5.74) is 4.37. The van der Waals surface area contributed by atoms with E-state index in [0.717, 1.165) is 60.9 Å². The maximum atomic E-state index is 4.75. The minimum atomic E-state index is 0.806.